The van der Waals surface area contributed by atoms with Crippen molar-refractivity contribution in [2.24, 2.45) is 5.92 Å². The summed E-state index contributed by atoms with van der Waals surface area (Å²) in [6, 6.07) is 9.60. The van der Waals surface area contributed by atoms with Crippen LogP contribution in [0.5, 0.6) is 11.8 Å². The number of urea groups is 1. The molecule has 0 unspecified atom stereocenters. The van der Waals surface area contributed by atoms with Crippen molar-refractivity contribution in [2.45, 2.75) is 70.3 Å². The molecular formula is C28H35F2N3O7. The molecule has 2 heterocycles. The number of nitrogens with zero attached hydrogens (tertiary/aromatic N) is 2. The number of carbonyl (C=O) groups excluding carboxylic acids is 1. The van der Waals surface area contributed by atoms with Crippen LogP contribution in [0.4, 0.5) is 25.0 Å². The van der Waals surface area contributed by atoms with E-state index >= 15 is 0 Å². The number of carboxylic acid groups (broad SMARTS) is 1. The molecule has 4 rings (SSSR count). The van der Waals surface area contributed by atoms with E-state index in [4.69, 9.17) is 14.2 Å². The minimum Gasteiger partial charge on any atom is -0.481 e. The third-order valence-corrected chi connectivity index (χ3v) is 7.38. The maximum Gasteiger partial charge on any atom is 0.388 e. The summed E-state index contributed by atoms with van der Waals surface area (Å²) >= 11 is 0. The van der Waals surface area contributed by atoms with E-state index in [1.54, 1.807) is 4.90 Å². The number of benzene rings is 1. The summed E-state index contributed by atoms with van der Waals surface area (Å²) in [5.74, 6) is -2.62. The predicted molar refractivity (Wildman–Crippen MR) is 142 cm³/mol. The number of carbonyl (C=O) groups is 2. The number of nitrogens with one attached hydrogen (secondary N) is 1. The third-order valence-electron chi connectivity index (χ3n) is 7.38. The average Bonchev–Trinajstić information content (AvgIpc) is 3.39. The lowest BCUT2D eigenvalue weighted by Gasteiger charge is -2.42. The molecule has 1 saturated heterocycles. The first-order valence-electron chi connectivity index (χ1n) is 13.3. The van der Waals surface area contributed by atoms with E-state index in [0.29, 0.717) is 44.6 Å². The molecule has 0 bridgehead atoms. The molecule has 1 aromatic heterocycles. The summed E-state index contributed by atoms with van der Waals surface area (Å²) in [6.07, 6.45) is 2.02. The number of ether oxygens (including phenoxy) is 4. The standard InChI is InChI=1S/C28H35F2N3O7/c1-17(2)20-6-4-5-7-22(20)33(27(36)31-21-12-13-23(37-3)32-25(21)40-26(29)30)19-10-8-18(9-11-19)28(16-24(34)35)38-14-15-39-28/h4-7,12-13,17-19,26H,8-11,14-16H2,1-3H3,(H,31,36)(H,34,35). The summed E-state index contributed by atoms with van der Waals surface area (Å²) in [5, 5.41) is 12.2. The Morgan fingerprint density at radius 1 is 1.12 bits per heavy atom. The van der Waals surface area contributed by atoms with Crippen molar-refractivity contribution in [1.82, 2.24) is 4.98 Å². The third kappa shape index (κ3) is 6.61. The van der Waals surface area contributed by atoms with E-state index in [-0.39, 0.29) is 35.9 Å². The second-order valence-corrected chi connectivity index (χ2v) is 10.2. The summed E-state index contributed by atoms with van der Waals surface area (Å²) in [5.41, 5.74) is 1.62. The molecular weight excluding hydrogens is 528 g/mol. The number of aromatic nitrogens is 1. The van der Waals surface area contributed by atoms with E-state index in [2.05, 4.69) is 15.0 Å². The number of rotatable bonds is 10. The van der Waals surface area contributed by atoms with Crippen molar-refractivity contribution >= 4 is 23.4 Å². The van der Waals surface area contributed by atoms with Crippen molar-refractivity contribution in [2.75, 3.05) is 30.5 Å². The molecule has 1 aliphatic heterocycles. The van der Waals surface area contributed by atoms with Crippen LogP contribution >= 0.6 is 0 Å². The number of alkyl halides is 2. The van der Waals surface area contributed by atoms with Crippen molar-refractivity contribution in [3.8, 4) is 11.8 Å². The Bertz CT molecular complexity index is 1180. The zero-order valence-electron chi connectivity index (χ0n) is 22.8. The van der Waals surface area contributed by atoms with Crippen molar-refractivity contribution in [1.29, 1.82) is 0 Å². The second-order valence-electron chi connectivity index (χ2n) is 10.2. The fourth-order valence-electron chi connectivity index (χ4n) is 5.59. The van der Waals surface area contributed by atoms with Gasteiger partial charge in [-0.3, -0.25) is 9.69 Å². The van der Waals surface area contributed by atoms with Crippen LogP contribution in [0.25, 0.3) is 0 Å². The first kappa shape index (κ1) is 29.5. The minimum atomic E-state index is -3.15. The van der Waals surface area contributed by atoms with Gasteiger partial charge in [-0.15, -0.1) is 0 Å². The van der Waals surface area contributed by atoms with Gasteiger partial charge in [-0.05, 0) is 49.3 Å². The van der Waals surface area contributed by atoms with Crippen LogP contribution in [-0.2, 0) is 14.3 Å². The lowest BCUT2D eigenvalue weighted by molar-refractivity contribution is -0.211. The molecule has 218 valence electrons. The smallest absolute Gasteiger partial charge is 0.388 e. The molecule has 1 aliphatic carbocycles. The van der Waals surface area contributed by atoms with Crippen LogP contribution in [0.1, 0.15) is 57.4 Å². The Morgan fingerprint density at radius 2 is 1.80 bits per heavy atom. The normalized spacial score (nSPS) is 20.4. The van der Waals surface area contributed by atoms with Crippen LogP contribution in [0.2, 0.25) is 0 Å². The topological polar surface area (TPSA) is 119 Å². The number of hydrogen-bond donors (Lipinski definition) is 2. The number of methoxy groups -OCH3 is 1. The fraction of sp³-hybridized carbons (Fsp3) is 0.536. The Hall–Kier alpha value is -3.51. The van der Waals surface area contributed by atoms with Crippen LogP contribution < -0.4 is 19.7 Å². The van der Waals surface area contributed by atoms with Gasteiger partial charge in [-0.1, -0.05) is 32.0 Å². The van der Waals surface area contributed by atoms with E-state index in [1.807, 2.05) is 38.1 Å². The molecule has 0 radical (unpaired) electrons. The van der Waals surface area contributed by atoms with Gasteiger partial charge in [-0.25, -0.2) is 4.79 Å². The fourth-order valence-corrected chi connectivity index (χ4v) is 5.59. The number of aliphatic carboxylic acids is 1. The van der Waals surface area contributed by atoms with E-state index in [0.717, 1.165) is 5.56 Å². The van der Waals surface area contributed by atoms with Gasteiger partial charge in [-0.2, -0.15) is 13.8 Å². The molecule has 1 saturated carbocycles. The van der Waals surface area contributed by atoms with Gasteiger partial charge in [0.1, 0.15) is 5.69 Å². The van der Waals surface area contributed by atoms with Crippen LogP contribution in [0, 0.1) is 5.92 Å². The molecule has 2 fully saturated rings. The van der Waals surface area contributed by atoms with E-state index in [9.17, 15) is 23.5 Å². The van der Waals surface area contributed by atoms with Gasteiger partial charge in [0.05, 0.1) is 26.7 Å². The maximum absolute atomic E-state index is 13.9. The second kappa shape index (κ2) is 12.8. The lowest BCUT2D eigenvalue weighted by atomic mass is 9.79. The molecule has 2 aliphatic rings. The average molecular weight is 564 g/mol. The van der Waals surface area contributed by atoms with Crippen molar-refractivity contribution in [3.63, 3.8) is 0 Å². The van der Waals surface area contributed by atoms with Crippen molar-refractivity contribution < 1.29 is 42.4 Å². The Balaban J connectivity index is 1.63. The molecule has 12 heteroatoms. The van der Waals surface area contributed by atoms with Gasteiger partial charge in [0.25, 0.3) is 0 Å². The first-order valence-corrected chi connectivity index (χ1v) is 13.3. The number of hydrogen-bond acceptors (Lipinski definition) is 7. The highest BCUT2D eigenvalue weighted by Gasteiger charge is 2.48. The number of amides is 2. The number of halogens is 2. The predicted octanol–water partition coefficient (Wildman–Crippen LogP) is 5.63. The molecule has 0 spiro atoms. The van der Waals surface area contributed by atoms with E-state index in [1.165, 1.54) is 19.2 Å². The summed E-state index contributed by atoms with van der Waals surface area (Å²) < 4.78 is 47.5. The number of carboxylic acids is 1. The zero-order valence-corrected chi connectivity index (χ0v) is 22.8. The summed E-state index contributed by atoms with van der Waals surface area (Å²) in [6.45, 7) is 1.57. The van der Waals surface area contributed by atoms with Gasteiger partial charge >= 0.3 is 18.6 Å². The number of para-hydroxylation sites is 1. The molecule has 10 nitrogen and oxygen atoms in total. The van der Waals surface area contributed by atoms with Crippen LogP contribution in [0.3, 0.4) is 0 Å². The van der Waals surface area contributed by atoms with Gasteiger partial charge in [0, 0.05) is 23.7 Å². The molecule has 1 aromatic carbocycles. The Morgan fingerprint density at radius 3 is 2.40 bits per heavy atom. The maximum atomic E-state index is 13.9. The largest absolute Gasteiger partial charge is 0.481 e. The van der Waals surface area contributed by atoms with Gasteiger partial charge < -0.3 is 29.4 Å². The van der Waals surface area contributed by atoms with Crippen molar-refractivity contribution in [3.05, 3.63) is 42.0 Å². The molecule has 40 heavy (non-hydrogen) atoms. The summed E-state index contributed by atoms with van der Waals surface area (Å²) in [4.78, 5) is 31.1. The molecule has 2 N–H and O–H groups in total. The first-order chi connectivity index (χ1) is 19.1. The highest BCUT2D eigenvalue weighted by atomic mass is 19.3. The Labute approximate surface area is 231 Å². The van der Waals surface area contributed by atoms with E-state index < -0.39 is 30.3 Å². The van der Waals surface area contributed by atoms with Crippen LogP contribution in [0.15, 0.2) is 36.4 Å². The quantitative estimate of drug-likeness (QED) is 0.382. The number of pyridine rings is 1. The summed E-state index contributed by atoms with van der Waals surface area (Å²) in [7, 11) is 1.34. The Kier molecular flexibility index (Phi) is 9.41. The zero-order chi connectivity index (χ0) is 28.9. The highest BCUT2D eigenvalue weighted by Crippen LogP contribution is 2.43. The lowest BCUT2D eigenvalue weighted by Crippen LogP contribution is -2.49. The van der Waals surface area contributed by atoms with Crippen LogP contribution in [-0.4, -0.2) is 60.9 Å². The van der Waals surface area contributed by atoms with Gasteiger partial charge in [0.2, 0.25) is 11.8 Å². The van der Waals surface area contributed by atoms with Gasteiger partial charge in [0.15, 0.2) is 5.79 Å². The molecule has 2 aromatic rings. The number of anilines is 2. The monoisotopic (exact) mass is 563 g/mol. The minimum absolute atomic E-state index is 0.0278. The molecule has 2 amide bonds. The SMILES string of the molecule is COc1ccc(NC(=O)N(c2ccccc2C(C)C)C2CCC(C3(CC(=O)O)OCCO3)CC2)c(OC(F)F)n1. The molecule has 0 atom stereocenters. The highest BCUT2D eigenvalue weighted by molar-refractivity contribution is 6.03.